The number of nitrogens with zero attached hydrogens (tertiary/aromatic N) is 3. The molecule has 0 saturated carbocycles. The Morgan fingerprint density at radius 2 is 2.11 bits per heavy atom. The van der Waals surface area contributed by atoms with Crippen molar-refractivity contribution < 1.29 is 0 Å². The molecule has 0 radical (unpaired) electrons. The van der Waals surface area contributed by atoms with E-state index in [1.165, 1.54) is 0 Å². The summed E-state index contributed by atoms with van der Waals surface area (Å²) < 4.78 is 1.63. The van der Waals surface area contributed by atoms with E-state index in [9.17, 15) is 0 Å². The Morgan fingerprint density at radius 1 is 1.26 bits per heavy atom. The maximum atomic E-state index is 6.11. The number of pyridine rings is 1. The second kappa shape index (κ2) is 4.78. The third-order valence-corrected chi connectivity index (χ3v) is 3.16. The van der Waals surface area contributed by atoms with Crippen LogP contribution in [-0.2, 0) is 6.54 Å². The minimum atomic E-state index is 0.267. The maximum absolute atomic E-state index is 6.11. The van der Waals surface area contributed by atoms with Crippen LogP contribution in [0.15, 0.2) is 42.6 Å². The van der Waals surface area contributed by atoms with Crippen molar-refractivity contribution in [3.05, 3.63) is 53.2 Å². The van der Waals surface area contributed by atoms with E-state index in [1.54, 1.807) is 4.52 Å². The van der Waals surface area contributed by atoms with Gasteiger partial charge in [-0.1, -0.05) is 29.8 Å². The monoisotopic (exact) mass is 273 g/mol. The van der Waals surface area contributed by atoms with Crippen LogP contribution in [0, 0.1) is 0 Å². The van der Waals surface area contributed by atoms with Crippen LogP contribution in [0.4, 0.5) is 11.6 Å². The number of nitrogens with one attached hydrogen (secondary N) is 1. The number of anilines is 2. The topological polar surface area (TPSA) is 68.2 Å². The fourth-order valence-corrected chi connectivity index (χ4v) is 2.05. The van der Waals surface area contributed by atoms with Crippen LogP contribution >= 0.6 is 11.6 Å². The fraction of sp³-hybridized carbons (Fsp3) is 0.0769. The molecule has 0 aliphatic carbocycles. The van der Waals surface area contributed by atoms with Crippen LogP contribution < -0.4 is 11.1 Å². The summed E-state index contributed by atoms with van der Waals surface area (Å²) in [5.74, 6) is 0.267. The zero-order chi connectivity index (χ0) is 13.2. The van der Waals surface area contributed by atoms with Crippen molar-refractivity contribution in [3.8, 4) is 0 Å². The zero-order valence-corrected chi connectivity index (χ0v) is 10.8. The highest BCUT2D eigenvalue weighted by Crippen LogP contribution is 2.17. The van der Waals surface area contributed by atoms with Crippen LogP contribution in [0.1, 0.15) is 5.56 Å². The van der Waals surface area contributed by atoms with Crippen molar-refractivity contribution in [2.45, 2.75) is 6.54 Å². The average molecular weight is 274 g/mol. The molecule has 3 aromatic rings. The Hall–Kier alpha value is -2.27. The number of nitrogens with two attached hydrogens (primary N) is 1. The summed E-state index contributed by atoms with van der Waals surface area (Å²) in [6, 6.07) is 11.5. The molecule has 0 saturated heterocycles. The van der Waals surface area contributed by atoms with Gasteiger partial charge in [0.2, 0.25) is 5.95 Å². The summed E-state index contributed by atoms with van der Waals surface area (Å²) in [4.78, 5) is 4.11. The van der Waals surface area contributed by atoms with Gasteiger partial charge in [-0.05, 0) is 17.7 Å². The lowest BCUT2D eigenvalue weighted by Crippen LogP contribution is -2.00. The molecule has 6 heteroatoms. The van der Waals surface area contributed by atoms with E-state index in [0.29, 0.717) is 12.2 Å². The predicted molar refractivity (Wildman–Crippen MR) is 76.2 cm³/mol. The first-order chi connectivity index (χ1) is 9.22. The van der Waals surface area contributed by atoms with E-state index < -0.39 is 0 Å². The van der Waals surface area contributed by atoms with E-state index in [1.807, 2.05) is 42.6 Å². The van der Waals surface area contributed by atoms with Gasteiger partial charge in [0.1, 0.15) is 0 Å². The zero-order valence-electron chi connectivity index (χ0n) is 10.0. The van der Waals surface area contributed by atoms with Crippen LogP contribution in [0.2, 0.25) is 5.02 Å². The molecule has 1 aromatic carbocycles. The maximum Gasteiger partial charge on any atom is 0.240 e. The van der Waals surface area contributed by atoms with Crippen LogP contribution in [0.5, 0.6) is 0 Å². The number of aromatic nitrogens is 3. The minimum absolute atomic E-state index is 0.267. The van der Waals surface area contributed by atoms with Gasteiger partial charge >= 0.3 is 0 Å². The Balaban J connectivity index is 1.80. The van der Waals surface area contributed by atoms with Crippen molar-refractivity contribution >= 4 is 28.9 Å². The fourth-order valence-electron chi connectivity index (χ4n) is 1.85. The quantitative estimate of drug-likeness (QED) is 0.770. The normalized spacial score (nSPS) is 10.8. The van der Waals surface area contributed by atoms with Crippen molar-refractivity contribution in [1.82, 2.24) is 14.6 Å². The molecule has 5 nitrogen and oxygen atoms in total. The molecule has 96 valence electrons. The lowest BCUT2D eigenvalue weighted by molar-refractivity contribution is 0.966. The molecule has 0 aliphatic heterocycles. The van der Waals surface area contributed by atoms with Crippen molar-refractivity contribution in [3.63, 3.8) is 0 Å². The Labute approximate surface area is 115 Å². The first-order valence-corrected chi connectivity index (χ1v) is 6.19. The third kappa shape index (κ3) is 2.46. The van der Waals surface area contributed by atoms with Crippen molar-refractivity contribution in [2.24, 2.45) is 0 Å². The van der Waals surface area contributed by atoms with Gasteiger partial charge in [0.05, 0.1) is 0 Å². The first kappa shape index (κ1) is 11.8. The van der Waals surface area contributed by atoms with Gasteiger partial charge < -0.3 is 11.1 Å². The molecule has 0 unspecified atom stereocenters. The molecule has 19 heavy (non-hydrogen) atoms. The van der Waals surface area contributed by atoms with Crippen molar-refractivity contribution in [1.29, 1.82) is 0 Å². The highest BCUT2D eigenvalue weighted by Gasteiger charge is 2.02. The lowest BCUT2D eigenvalue weighted by Gasteiger charge is -2.07. The van der Waals surface area contributed by atoms with Crippen LogP contribution in [0.3, 0.4) is 0 Å². The molecular weight excluding hydrogens is 262 g/mol. The molecule has 3 rings (SSSR count). The van der Waals surface area contributed by atoms with Gasteiger partial charge in [0.15, 0.2) is 5.65 Å². The Morgan fingerprint density at radius 3 is 2.95 bits per heavy atom. The summed E-state index contributed by atoms with van der Waals surface area (Å²) >= 11 is 6.11. The number of nitrogen functional groups attached to an aromatic ring is 1. The minimum Gasteiger partial charge on any atom is -0.381 e. The number of fused-ring (bicyclic) bond motifs is 1. The van der Waals surface area contributed by atoms with E-state index in [4.69, 9.17) is 17.3 Å². The van der Waals surface area contributed by atoms with Gasteiger partial charge in [-0.25, -0.2) is 4.52 Å². The van der Waals surface area contributed by atoms with E-state index >= 15 is 0 Å². The predicted octanol–water partition coefficient (Wildman–Crippen LogP) is 2.58. The number of halogens is 1. The Bertz CT molecular complexity index is 722. The second-order valence-corrected chi connectivity index (χ2v) is 4.54. The standard InChI is InChI=1S/C13H12ClN5/c14-11-4-2-1-3-9(11)8-16-10-5-6-19-12(7-10)17-13(15)18-19/h1-7,16H,8H2,(H2,15,18). The van der Waals surface area contributed by atoms with Crippen LogP contribution in [0.25, 0.3) is 5.65 Å². The first-order valence-electron chi connectivity index (χ1n) is 5.81. The molecule has 2 aromatic heterocycles. The number of hydrogen-bond donors (Lipinski definition) is 2. The third-order valence-electron chi connectivity index (χ3n) is 2.79. The van der Waals surface area contributed by atoms with Gasteiger partial charge in [-0.3, -0.25) is 0 Å². The molecule has 2 heterocycles. The Kier molecular flexibility index (Phi) is 2.97. The molecule has 0 amide bonds. The number of benzene rings is 1. The SMILES string of the molecule is Nc1nc2cc(NCc3ccccc3Cl)ccn2n1. The van der Waals surface area contributed by atoms with Gasteiger partial charge in [0.25, 0.3) is 0 Å². The number of hydrogen-bond acceptors (Lipinski definition) is 4. The number of rotatable bonds is 3. The van der Waals surface area contributed by atoms with Gasteiger partial charge in [-0.15, -0.1) is 5.10 Å². The van der Waals surface area contributed by atoms with E-state index in [-0.39, 0.29) is 5.95 Å². The molecular formula is C13H12ClN5. The molecule has 0 spiro atoms. The second-order valence-electron chi connectivity index (χ2n) is 4.13. The molecule has 3 N–H and O–H groups in total. The van der Waals surface area contributed by atoms with E-state index in [0.717, 1.165) is 16.3 Å². The molecule has 0 atom stereocenters. The summed E-state index contributed by atoms with van der Waals surface area (Å²) in [7, 11) is 0. The summed E-state index contributed by atoms with van der Waals surface area (Å²) in [6.45, 7) is 0.652. The molecule has 0 bridgehead atoms. The lowest BCUT2D eigenvalue weighted by atomic mass is 10.2. The smallest absolute Gasteiger partial charge is 0.240 e. The largest absolute Gasteiger partial charge is 0.381 e. The summed E-state index contributed by atoms with van der Waals surface area (Å²) in [5, 5.41) is 8.07. The van der Waals surface area contributed by atoms with Crippen molar-refractivity contribution in [2.75, 3.05) is 11.1 Å². The van der Waals surface area contributed by atoms with Crippen LogP contribution in [-0.4, -0.2) is 14.6 Å². The van der Waals surface area contributed by atoms with Gasteiger partial charge in [0, 0.05) is 29.5 Å². The molecule has 0 fully saturated rings. The molecule has 0 aliphatic rings. The summed E-state index contributed by atoms with van der Waals surface area (Å²) in [6.07, 6.45) is 1.81. The van der Waals surface area contributed by atoms with E-state index in [2.05, 4.69) is 15.4 Å². The highest BCUT2D eigenvalue weighted by atomic mass is 35.5. The van der Waals surface area contributed by atoms with Gasteiger partial charge in [-0.2, -0.15) is 4.98 Å². The highest BCUT2D eigenvalue weighted by molar-refractivity contribution is 6.31. The summed E-state index contributed by atoms with van der Waals surface area (Å²) in [5.41, 5.74) is 8.25. The average Bonchev–Trinajstić information content (AvgIpc) is 2.77.